The van der Waals surface area contributed by atoms with Crippen molar-refractivity contribution < 1.29 is 19.4 Å². The van der Waals surface area contributed by atoms with Crippen molar-refractivity contribution in [2.24, 2.45) is 0 Å². The van der Waals surface area contributed by atoms with E-state index in [0.717, 1.165) is 5.56 Å². The molecule has 1 aromatic rings. The minimum Gasteiger partial charge on any atom is -0.479 e. The van der Waals surface area contributed by atoms with E-state index < -0.39 is 17.5 Å². The zero-order valence-corrected chi connectivity index (χ0v) is 10.5. The van der Waals surface area contributed by atoms with Gasteiger partial charge in [-0.1, -0.05) is 0 Å². The van der Waals surface area contributed by atoms with Gasteiger partial charge in [0.1, 0.15) is 0 Å². The molecule has 0 saturated carbocycles. The number of carbonyl (C=O) groups is 2. The Morgan fingerprint density at radius 3 is 2.84 bits per heavy atom. The maximum atomic E-state index is 11.8. The second kappa shape index (κ2) is 5.23. The van der Waals surface area contributed by atoms with Gasteiger partial charge in [-0.3, -0.25) is 4.98 Å². The number of aliphatic carboxylic acids is 1. The van der Waals surface area contributed by atoms with Gasteiger partial charge >= 0.3 is 12.0 Å². The lowest BCUT2D eigenvalue weighted by molar-refractivity contribution is -0.144. The molecule has 1 aliphatic heterocycles. The largest absolute Gasteiger partial charge is 0.479 e. The molecule has 1 fully saturated rings. The first kappa shape index (κ1) is 13.3. The Bertz CT molecular complexity index is 498. The second-order valence-electron chi connectivity index (χ2n) is 4.52. The molecule has 2 rings (SSSR count). The number of urea groups is 1. The molecular formula is C12H15N3O4. The molecule has 2 heterocycles. The van der Waals surface area contributed by atoms with Crippen LogP contribution in [-0.2, 0) is 9.53 Å². The summed E-state index contributed by atoms with van der Waals surface area (Å²) in [5.41, 5.74) is 0.0633. The van der Waals surface area contributed by atoms with Crippen molar-refractivity contribution in [3.05, 3.63) is 24.0 Å². The first-order chi connectivity index (χ1) is 9.02. The van der Waals surface area contributed by atoms with Crippen molar-refractivity contribution in [3.8, 4) is 0 Å². The Labute approximate surface area is 110 Å². The van der Waals surface area contributed by atoms with Gasteiger partial charge in [0, 0.05) is 19.2 Å². The molecule has 0 radical (unpaired) electrons. The molecule has 7 nitrogen and oxygen atoms in total. The van der Waals surface area contributed by atoms with Gasteiger partial charge in [0.05, 0.1) is 18.5 Å². The highest BCUT2D eigenvalue weighted by atomic mass is 16.5. The quantitative estimate of drug-likeness (QED) is 0.749. The molecule has 1 atom stereocenters. The predicted molar refractivity (Wildman–Crippen MR) is 66.9 cm³/mol. The average molecular weight is 265 g/mol. The van der Waals surface area contributed by atoms with Crippen LogP contribution in [0.4, 0.5) is 10.5 Å². The van der Waals surface area contributed by atoms with Crippen molar-refractivity contribution in [3.63, 3.8) is 0 Å². The fourth-order valence-corrected chi connectivity index (χ4v) is 1.89. The van der Waals surface area contributed by atoms with Crippen molar-refractivity contribution in [2.75, 3.05) is 18.5 Å². The van der Waals surface area contributed by atoms with Gasteiger partial charge in [-0.05, 0) is 18.6 Å². The highest BCUT2D eigenvalue weighted by Gasteiger charge is 2.44. The summed E-state index contributed by atoms with van der Waals surface area (Å²) in [7, 11) is 0. The highest BCUT2D eigenvalue weighted by molar-refractivity contribution is 5.94. The van der Waals surface area contributed by atoms with Crippen molar-refractivity contribution in [2.45, 2.75) is 18.9 Å². The Morgan fingerprint density at radius 2 is 2.26 bits per heavy atom. The Hall–Kier alpha value is -2.15. The molecular weight excluding hydrogens is 250 g/mol. The number of nitrogens with one attached hydrogen (secondary N) is 2. The van der Waals surface area contributed by atoms with E-state index in [1.54, 1.807) is 12.3 Å². The van der Waals surface area contributed by atoms with Crippen LogP contribution >= 0.6 is 0 Å². The van der Waals surface area contributed by atoms with Gasteiger partial charge in [0.15, 0.2) is 5.54 Å². The third-order valence-corrected chi connectivity index (χ3v) is 2.92. The number of anilines is 1. The maximum absolute atomic E-state index is 11.8. The molecule has 3 N–H and O–H groups in total. The van der Waals surface area contributed by atoms with Crippen LogP contribution in [0, 0.1) is 6.92 Å². The summed E-state index contributed by atoms with van der Waals surface area (Å²) in [6.07, 6.45) is 3.40. The van der Waals surface area contributed by atoms with Gasteiger partial charge in [-0.25, -0.2) is 9.59 Å². The van der Waals surface area contributed by atoms with Crippen LogP contribution in [-0.4, -0.2) is 40.8 Å². The smallest absolute Gasteiger partial charge is 0.332 e. The van der Waals surface area contributed by atoms with E-state index in [2.05, 4.69) is 15.6 Å². The number of pyridine rings is 1. The van der Waals surface area contributed by atoms with Crippen LogP contribution in [0.2, 0.25) is 0 Å². The monoisotopic (exact) mass is 265 g/mol. The van der Waals surface area contributed by atoms with E-state index in [0.29, 0.717) is 12.3 Å². The minimum atomic E-state index is -1.35. The lowest BCUT2D eigenvalue weighted by atomic mass is 9.99. The second-order valence-corrected chi connectivity index (χ2v) is 4.52. The van der Waals surface area contributed by atoms with Gasteiger partial charge in [0.2, 0.25) is 0 Å². The van der Waals surface area contributed by atoms with Gasteiger partial charge in [-0.15, -0.1) is 0 Å². The van der Waals surface area contributed by atoms with Crippen LogP contribution in [0.3, 0.4) is 0 Å². The Morgan fingerprint density at radius 1 is 1.47 bits per heavy atom. The predicted octanol–water partition coefficient (Wildman–Crippen LogP) is 0.755. The summed E-state index contributed by atoms with van der Waals surface area (Å²) in [4.78, 5) is 27.0. The molecule has 0 aliphatic carbocycles. The fourth-order valence-electron chi connectivity index (χ4n) is 1.89. The van der Waals surface area contributed by atoms with Crippen LogP contribution < -0.4 is 10.6 Å². The van der Waals surface area contributed by atoms with Crippen LogP contribution in [0.25, 0.3) is 0 Å². The van der Waals surface area contributed by atoms with Crippen molar-refractivity contribution >= 4 is 17.7 Å². The van der Waals surface area contributed by atoms with Crippen molar-refractivity contribution in [1.82, 2.24) is 10.3 Å². The third kappa shape index (κ3) is 3.00. The Kier molecular flexibility index (Phi) is 3.66. The third-order valence-electron chi connectivity index (χ3n) is 2.92. The molecule has 0 aromatic carbocycles. The average Bonchev–Trinajstić information content (AvgIpc) is 2.78. The molecule has 102 valence electrons. The molecule has 1 saturated heterocycles. The zero-order chi connectivity index (χ0) is 13.9. The number of rotatable bonds is 3. The first-order valence-electron chi connectivity index (χ1n) is 5.84. The van der Waals surface area contributed by atoms with Gasteiger partial charge in [-0.2, -0.15) is 0 Å². The number of amides is 2. The molecule has 0 spiro atoms. The van der Waals surface area contributed by atoms with Crippen molar-refractivity contribution in [1.29, 1.82) is 0 Å². The number of carbonyl (C=O) groups excluding carboxylic acids is 1. The maximum Gasteiger partial charge on any atom is 0.332 e. The molecule has 2 amide bonds. The number of ether oxygens (including phenoxy) is 1. The number of hydrogen-bond donors (Lipinski definition) is 3. The van der Waals surface area contributed by atoms with E-state index >= 15 is 0 Å². The molecule has 1 aliphatic rings. The summed E-state index contributed by atoms with van der Waals surface area (Å²) in [6, 6.07) is 1.16. The lowest BCUT2D eigenvalue weighted by Crippen LogP contribution is -2.56. The molecule has 0 bridgehead atoms. The number of hydrogen-bond acceptors (Lipinski definition) is 4. The molecule has 1 aromatic heterocycles. The van der Waals surface area contributed by atoms with Gasteiger partial charge in [0.25, 0.3) is 0 Å². The number of carboxylic acid groups (broad SMARTS) is 1. The normalized spacial score (nSPS) is 21.9. The van der Waals surface area contributed by atoms with E-state index in [1.807, 2.05) is 6.92 Å². The Balaban J connectivity index is 2.02. The standard InChI is InChI=1S/C12H15N3O4/c1-8-4-9(6-13-5-8)14-11(18)15-12(10(16)17)2-3-19-7-12/h4-6H,2-3,7H2,1H3,(H,16,17)(H2,14,15,18). The number of aromatic nitrogens is 1. The van der Waals surface area contributed by atoms with E-state index in [-0.39, 0.29) is 13.0 Å². The summed E-state index contributed by atoms with van der Waals surface area (Å²) in [5, 5.41) is 14.2. The fraction of sp³-hybridized carbons (Fsp3) is 0.417. The first-order valence-corrected chi connectivity index (χ1v) is 5.84. The topological polar surface area (TPSA) is 101 Å². The summed E-state index contributed by atoms with van der Waals surface area (Å²) in [5.74, 6) is -1.09. The number of aryl methyl sites for hydroxylation is 1. The molecule has 7 heteroatoms. The summed E-state index contributed by atoms with van der Waals surface area (Å²) < 4.78 is 5.06. The van der Waals surface area contributed by atoms with E-state index in [1.165, 1.54) is 6.20 Å². The number of nitrogens with zero attached hydrogens (tertiary/aromatic N) is 1. The van der Waals surface area contributed by atoms with Crippen LogP contribution in [0.5, 0.6) is 0 Å². The van der Waals surface area contributed by atoms with Gasteiger partial charge < -0.3 is 20.5 Å². The zero-order valence-electron chi connectivity index (χ0n) is 10.5. The molecule has 19 heavy (non-hydrogen) atoms. The van der Waals surface area contributed by atoms with E-state index in [4.69, 9.17) is 4.74 Å². The summed E-state index contributed by atoms with van der Waals surface area (Å²) in [6.45, 7) is 2.14. The SMILES string of the molecule is Cc1cncc(NC(=O)NC2(C(=O)O)CCOC2)c1. The molecule has 1 unspecified atom stereocenters. The summed E-state index contributed by atoms with van der Waals surface area (Å²) >= 11 is 0. The lowest BCUT2D eigenvalue weighted by Gasteiger charge is -2.23. The minimum absolute atomic E-state index is 0.0260. The van der Waals surface area contributed by atoms with Crippen LogP contribution in [0.15, 0.2) is 18.5 Å². The van der Waals surface area contributed by atoms with Crippen LogP contribution in [0.1, 0.15) is 12.0 Å². The highest BCUT2D eigenvalue weighted by Crippen LogP contribution is 2.19. The number of carboxylic acids is 1. The van der Waals surface area contributed by atoms with E-state index in [9.17, 15) is 14.7 Å².